The lowest BCUT2D eigenvalue weighted by molar-refractivity contribution is 0.0698. The third-order valence-electron chi connectivity index (χ3n) is 5.26. The number of rotatable bonds is 2. The molecule has 1 aliphatic heterocycles. The Hall–Kier alpha value is -1.86. The van der Waals surface area contributed by atoms with Gasteiger partial charge in [-0.05, 0) is 49.8 Å². The fraction of sp³-hybridized carbons (Fsp3) is 0.273. The van der Waals surface area contributed by atoms with Gasteiger partial charge in [-0.25, -0.2) is 0 Å². The van der Waals surface area contributed by atoms with Crippen LogP contribution in [0.2, 0.25) is 10.0 Å². The summed E-state index contributed by atoms with van der Waals surface area (Å²) in [6.45, 7) is 6.69. The van der Waals surface area contributed by atoms with E-state index in [1.165, 1.54) is 16.9 Å². The number of nitrogens with one attached hydrogen (secondary N) is 1. The normalized spacial score (nSPS) is 14.3. The predicted molar refractivity (Wildman–Crippen MR) is 131 cm³/mol. The van der Waals surface area contributed by atoms with Crippen LogP contribution in [0.5, 0.6) is 0 Å². The first-order valence-corrected chi connectivity index (χ1v) is 11.6. The Bertz CT molecular complexity index is 1140. The predicted octanol–water partition coefficient (Wildman–Crippen LogP) is 5.98. The maximum Gasteiger partial charge on any atom is 0.265 e. The highest BCUT2D eigenvalue weighted by Crippen LogP contribution is 2.37. The molecule has 0 spiro atoms. The van der Waals surface area contributed by atoms with Crippen molar-refractivity contribution < 1.29 is 4.79 Å². The van der Waals surface area contributed by atoms with Crippen LogP contribution in [-0.2, 0) is 0 Å². The first kappa shape index (κ1) is 21.4. The van der Waals surface area contributed by atoms with E-state index in [9.17, 15) is 4.79 Å². The molecule has 30 heavy (non-hydrogen) atoms. The molecule has 3 aromatic rings. The van der Waals surface area contributed by atoms with Crippen LogP contribution in [0, 0.1) is 13.8 Å². The zero-order valence-electron chi connectivity index (χ0n) is 16.7. The lowest BCUT2D eigenvalue weighted by Crippen LogP contribution is -2.51. The number of thiophene rings is 1. The van der Waals surface area contributed by atoms with Crippen LogP contribution in [0.1, 0.15) is 20.8 Å². The number of aryl methyl sites for hydroxylation is 2. The largest absolute Gasteiger partial charge is 0.345 e. The van der Waals surface area contributed by atoms with Crippen molar-refractivity contribution >= 4 is 73.5 Å². The summed E-state index contributed by atoms with van der Waals surface area (Å²) >= 11 is 19.6. The molecule has 0 radical (unpaired) electrons. The molecule has 2 heterocycles. The molecule has 1 amide bonds. The van der Waals surface area contributed by atoms with E-state index >= 15 is 0 Å². The third-order valence-corrected chi connectivity index (χ3v) is 7.50. The van der Waals surface area contributed by atoms with E-state index < -0.39 is 0 Å². The molecular formula is C22H21Cl2N3OS2. The van der Waals surface area contributed by atoms with E-state index in [1.807, 2.05) is 23.1 Å². The molecule has 1 N–H and O–H groups in total. The van der Waals surface area contributed by atoms with Gasteiger partial charge in [0.1, 0.15) is 4.88 Å². The number of hydrogen-bond donors (Lipinski definition) is 1. The summed E-state index contributed by atoms with van der Waals surface area (Å²) in [6, 6.07) is 11.7. The van der Waals surface area contributed by atoms with Gasteiger partial charge < -0.3 is 15.1 Å². The quantitative estimate of drug-likeness (QED) is 0.460. The fourth-order valence-electron chi connectivity index (χ4n) is 3.58. The lowest BCUT2D eigenvalue weighted by Gasteiger charge is -2.36. The van der Waals surface area contributed by atoms with E-state index in [0.29, 0.717) is 46.2 Å². The van der Waals surface area contributed by atoms with Gasteiger partial charge in [0.15, 0.2) is 5.11 Å². The average Bonchev–Trinajstić information content (AvgIpc) is 3.05. The highest BCUT2D eigenvalue weighted by Gasteiger charge is 2.27. The van der Waals surface area contributed by atoms with Gasteiger partial charge in [-0.1, -0.05) is 47.0 Å². The van der Waals surface area contributed by atoms with Crippen molar-refractivity contribution in [2.45, 2.75) is 13.8 Å². The van der Waals surface area contributed by atoms with Crippen LogP contribution in [0.15, 0.2) is 36.4 Å². The molecule has 0 aliphatic carbocycles. The maximum absolute atomic E-state index is 13.1. The van der Waals surface area contributed by atoms with E-state index in [1.54, 1.807) is 6.07 Å². The molecule has 1 aliphatic rings. The van der Waals surface area contributed by atoms with Crippen molar-refractivity contribution in [1.29, 1.82) is 0 Å². The van der Waals surface area contributed by atoms with Crippen molar-refractivity contribution in [3.05, 3.63) is 62.4 Å². The number of anilines is 1. The summed E-state index contributed by atoms with van der Waals surface area (Å²) in [5, 5.41) is 6.03. The molecule has 1 aromatic heterocycles. The number of benzene rings is 2. The number of fused-ring (bicyclic) bond motifs is 1. The average molecular weight is 478 g/mol. The standard InChI is InChI=1S/C22H21Cl2N3OS2/c1-13-3-6-17(14(2)11-13)25-22(29)27-9-7-26(8-10-27)21(28)20-19(24)16-5-4-15(23)12-18(16)30-20/h3-6,11-12H,7-10H2,1-2H3,(H,25,29). The summed E-state index contributed by atoms with van der Waals surface area (Å²) in [5.41, 5.74) is 3.39. The molecule has 0 atom stereocenters. The van der Waals surface area contributed by atoms with Gasteiger partial charge in [-0.15, -0.1) is 11.3 Å². The molecule has 4 nitrogen and oxygen atoms in total. The Morgan fingerprint density at radius 1 is 1.03 bits per heavy atom. The lowest BCUT2D eigenvalue weighted by atomic mass is 10.1. The second kappa shape index (κ2) is 8.71. The maximum atomic E-state index is 13.1. The van der Waals surface area contributed by atoms with Crippen LogP contribution < -0.4 is 5.32 Å². The number of amides is 1. The van der Waals surface area contributed by atoms with Gasteiger partial charge >= 0.3 is 0 Å². The van der Waals surface area contributed by atoms with Gasteiger partial charge in [0.2, 0.25) is 0 Å². The Kier molecular flexibility index (Phi) is 6.21. The highest BCUT2D eigenvalue weighted by molar-refractivity contribution is 7.80. The van der Waals surface area contributed by atoms with Crippen molar-refractivity contribution in [3.8, 4) is 0 Å². The van der Waals surface area contributed by atoms with Crippen molar-refractivity contribution in [3.63, 3.8) is 0 Å². The summed E-state index contributed by atoms with van der Waals surface area (Å²) in [5.74, 6) is -0.0368. The van der Waals surface area contributed by atoms with E-state index in [4.69, 9.17) is 35.4 Å². The third kappa shape index (κ3) is 4.28. The summed E-state index contributed by atoms with van der Waals surface area (Å²) in [4.78, 5) is 17.6. The second-order valence-corrected chi connectivity index (χ2v) is 9.67. The molecule has 0 unspecified atom stereocenters. The SMILES string of the molecule is Cc1ccc(NC(=S)N2CCN(C(=O)c3sc4cc(Cl)ccc4c3Cl)CC2)c(C)c1. The molecule has 0 saturated carbocycles. The molecule has 1 fully saturated rings. The minimum absolute atomic E-state index is 0.0368. The van der Waals surface area contributed by atoms with Crippen molar-refractivity contribution in [2.75, 3.05) is 31.5 Å². The molecule has 2 aromatic carbocycles. The second-order valence-electron chi connectivity index (χ2n) is 7.41. The topological polar surface area (TPSA) is 35.6 Å². The van der Waals surface area contributed by atoms with Gasteiger partial charge in [-0.2, -0.15) is 0 Å². The Labute approximate surface area is 195 Å². The molecule has 4 rings (SSSR count). The molecule has 156 valence electrons. The molecule has 1 saturated heterocycles. The summed E-state index contributed by atoms with van der Waals surface area (Å²) in [6.07, 6.45) is 0. The number of nitrogens with zero attached hydrogens (tertiary/aromatic N) is 2. The first-order chi connectivity index (χ1) is 14.3. The zero-order valence-corrected chi connectivity index (χ0v) is 19.8. The minimum Gasteiger partial charge on any atom is -0.345 e. The number of thiocarbonyl (C=S) groups is 1. The first-order valence-electron chi connectivity index (χ1n) is 9.63. The van der Waals surface area contributed by atoms with Gasteiger partial charge in [0.05, 0.1) is 5.02 Å². The minimum atomic E-state index is -0.0368. The van der Waals surface area contributed by atoms with Gasteiger partial charge in [0.25, 0.3) is 5.91 Å². The Morgan fingerprint density at radius 2 is 1.73 bits per heavy atom. The smallest absolute Gasteiger partial charge is 0.265 e. The number of hydrogen-bond acceptors (Lipinski definition) is 3. The van der Waals surface area contributed by atoms with Crippen LogP contribution in [0.4, 0.5) is 5.69 Å². The zero-order chi connectivity index (χ0) is 21.4. The van der Waals surface area contributed by atoms with E-state index in [-0.39, 0.29) is 5.91 Å². The van der Waals surface area contributed by atoms with E-state index in [2.05, 4.69) is 36.2 Å². The van der Waals surface area contributed by atoms with Crippen molar-refractivity contribution in [1.82, 2.24) is 9.80 Å². The number of halogens is 2. The number of carbonyl (C=O) groups excluding carboxylic acids is 1. The fourth-order valence-corrected chi connectivity index (χ4v) is 5.63. The van der Waals surface area contributed by atoms with Crippen molar-refractivity contribution in [2.24, 2.45) is 0 Å². The monoisotopic (exact) mass is 477 g/mol. The van der Waals surface area contributed by atoms with Crippen LogP contribution >= 0.6 is 46.8 Å². The molecule has 0 bridgehead atoms. The summed E-state index contributed by atoms with van der Waals surface area (Å²) in [7, 11) is 0. The Balaban J connectivity index is 1.41. The van der Waals surface area contributed by atoms with E-state index in [0.717, 1.165) is 21.3 Å². The number of piperazine rings is 1. The molecule has 8 heteroatoms. The summed E-state index contributed by atoms with van der Waals surface area (Å²) < 4.78 is 0.924. The number of carbonyl (C=O) groups is 1. The highest BCUT2D eigenvalue weighted by atomic mass is 35.5. The van der Waals surface area contributed by atoms with Gasteiger partial charge in [-0.3, -0.25) is 4.79 Å². The van der Waals surface area contributed by atoms with Gasteiger partial charge in [0, 0.05) is 47.0 Å². The Morgan fingerprint density at radius 3 is 2.43 bits per heavy atom. The van der Waals surface area contributed by atoms with Crippen LogP contribution in [0.25, 0.3) is 10.1 Å². The van der Waals surface area contributed by atoms with Crippen LogP contribution in [-0.4, -0.2) is 47.0 Å². The van der Waals surface area contributed by atoms with Crippen LogP contribution in [0.3, 0.4) is 0 Å². The molecular weight excluding hydrogens is 457 g/mol.